The number of esters is 1. The van der Waals surface area contributed by atoms with E-state index in [1.807, 2.05) is 59.9 Å². The molecule has 0 aromatic heterocycles. The Bertz CT molecular complexity index is 699. The molecule has 0 spiro atoms. The minimum absolute atomic E-state index is 0.0685. The van der Waals surface area contributed by atoms with E-state index in [9.17, 15) is 4.79 Å². The van der Waals surface area contributed by atoms with Crippen LogP contribution in [0.3, 0.4) is 0 Å². The van der Waals surface area contributed by atoms with Gasteiger partial charge in [-0.3, -0.25) is 0 Å². The van der Waals surface area contributed by atoms with E-state index in [4.69, 9.17) is 4.74 Å². The average Bonchev–Trinajstić information content (AvgIpc) is 2.61. The Morgan fingerprint density at radius 1 is 0.893 bits per heavy atom. The summed E-state index contributed by atoms with van der Waals surface area (Å²) in [6, 6.07) is 20.7. The van der Waals surface area contributed by atoms with Crippen LogP contribution < -0.4 is 0 Å². The Morgan fingerprint density at radius 3 is 1.64 bits per heavy atom. The van der Waals surface area contributed by atoms with E-state index in [0.29, 0.717) is 0 Å². The van der Waals surface area contributed by atoms with Crippen LogP contribution in [-0.4, -0.2) is 21.6 Å². The Balaban J connectivity index is 2.09. The highest BCUT2D eigenvalue weighted by Gasteiger charge is 2.32. The van der Waals surface area contributed by atoms with E-state index in [-0.39, 0.29) is 21.6 Å². The predicted octanol–water partition coefficient (Wildman–Crippen LogP) is 7.01. The quantitative estimate of drug-likeness (QED) is 0.237. The second kappa shape index (κ2) is 10.2. The van der Waals surface area contributed by atoms with E-state index in [1.54, 1.807) is 0 Å². The van der Waals surface area contributed by atoms with Crippen LogP contribution in [-0.2, 0) is 9.53 Å². The monoisotopic (exact) mass is 414 g/mol. The van der Waals surface area contributed by atoms with Crippen LogP contribution in [0, 0.1) is 0 Å². The van der Waals surface area contributed by atoms with Gasteiger partial charge in [-0.15, -0.1) is 23.5 Å². The molecule has 150 valence electrons. The Hall–Kier alpha value is -1.65. The predicted molar refractivity (Wildman–Crippen MR) is 122 cm³/mol. The van der Waals surface area contributed by atoms with Crippen molar-refractivity contribution in [2.75, 3.05) is 0 Å². The van der Waals surface area contributed by atoms with Crippen molar-refractivity contribution < 1.29 is 9.53 Å². The molecule has 28 heavy (non-hydrogen) atoms. The maximum absolute atomic E-state index is 12.0. The molecule has 2 rings (SSSR count). The SMILES string of the molecule is C=CC(=O)OC(CC(C)(C)Sc1ccccc1)CC(C)(C)Sc1ccccc1. The first kappa shape index (κ1) is 22.6. The summed E-state index contributed by atoms with van der Waals surface area (Å²) >= 11 is 3.63. The fourth-order valence-corrected chi connectivity index (χ4v) is 5.56. The number of hydrogen-bond acceptors (Lipinski definition) is 4. The van der Waals surface area contributed by atoms with Gasteiger partial charge in [0.05, 0.1) is 0 Å². The van der Waals surface area contributed by atoms with E-state index in [1.165, 1.54) is 15.9 Å². The number of thioether (sulfide) groups is 2. The zero-order chi connectivity index (χ0) is 20.6. The lowest BCUT2D eigenvalue weighted by molar-refractivity contribution is -0.144. The molecule has 0 radical (unpaired) electrons. The van der Waals surface area contributed by atoms with Gasteiger partial charge in [0.15, 0.2) is 0 Å². The van der Waals surface area contributed by atoms with Crippen molar-refractivity contribution in [1.29, 1.82) is 0 Å². The average molecular weight is 415 g/mol. The fourth-order valence-electron chi connectivity index (χ4n) is 3.16. The first-order valence-electron chi connectivity index (χ1n) is 9.50. The largest absolute Gasteiger partial charge is 0.459 e. The van der Waals surface area contributed by atoms with Crippen LogP contribution >= 0.6 is 23.5 Å². The minimum atomic E-state index is -0.356. The van der Waals surface area contributed by atoms with Crippen molar-refractivity contribution in [2.45, 2.75) is 65.9 Å². The number of carbonyl (C=O) groups is 1. The van der Waals surface area contributed by atoms with E-state index in [2.05, 4.69) is 58.5 Å². The number of carbonyl (C=O) groups excluding carboxylic acids is 1. The summed E-state index contributed by atoms with van der Waals surface area (Å²) in [5, 5.41) is 0. The van der Waals surface area contributed by atoms with Crippen LogP contribution in [0.1, 0.15) is 40.5 Å². The van der Waals surface area contributed by atoms with Crippen LogP contribution in [0.5, 0.6) is 0 Å². The maximum atomic E-state index is 12.0. The fraction of sp³-hybridized carbons (Fsp3) is 0.375. The third-order valence-corrected chi connectivity index (χ3v) is 6.62. The standard InChI is InChI=1S/C24H30O2S2/c1-6-22(25)26-19(17-23(2,3)27-20-13-9-7-10-14-20)18-24(4,5)28-21-15-11-8-12-16-21/h6-16,19H,1,17-18H2,2-5H3. The molecule has 0 N–H and O–H groups in total. The highest BCUT2D eigenvalue weighted by molar-refractivity contribution is 8.01. The first-order chi connectivity index (χ1) is 13.2. The summed E-state index contributed by atoms with van der Waals surface area (Å²) in [4.78, 5) is 14.4. The highest BCUT2D eigenvalue weighted by atomic mass is 32.2. The molecule has 2 aromatic rings. The molecule has 0 bridgehead atoms. The molecule has 0 atom stereocenters. The zero-order valence-electron chi connectivity index (χ0n) is 17.2. The Labute approximate surface area is 178 Å². The second-order valence-corrected chi connectivity index (χ2v) is 11.6. The number of rotatable bonds is 10. The maximum Gasteiger partial charge on any atom is 0.330 e. The van der Waals surface area contributed by atoms with Gasteiger partial charge < -0.3 is 4.74 Å². The molecule has 4 heteroatoms. The molecular weight excluding hydrogens is 384 g/mol. The molecular formula is C24H30O2S2. The topological polar surface area (TPSA) is 26.3 Å². The number of hydrogen-bond donors (Lipinski definition) is 0. The summed E-state index contributed by atoms with van der Waals surface area (Å²) in [5.74, 6) is -0.356. The summed E-state index contributed by atoms with van der Waals surface area (Å²) in [5.41, 5.74) is 0. The molecule has 0 saturated heterocycles. The summed E-state index contributed by atoms with van der Waals surface area (Å²) in [6.07, 6.45) is 2.61. The third-order valence-electron chi connectivity index (χ3n) is 4.16. The summed E-state index contributed by atoms with van der Waals surface area (Å²) < 4.78 is 5.63. The summed E-state index contributed by atoms with van der Waals surface area (Å²) in [6.45, 7) is 12.4. The van der Waals surface area contributed by atoms with Crippen LogP contribution in [0.4, 0.5) is 0 Å². The molecule has 0 amide bonds. The van der Waals surface area contributed by atoms with E-state index in [0.717, 1.165) is 12.8 Å². The van der Waals surface area contributed by atoms with E-state index >= 15 is 0 Å². The van der Waals surface area contributed by atoms with Crippen LogP contribution in [0.2, 0.25) is 0 Å². The van der Waals surface area contributed by atoms with Gasteiger partial charge in [0.25, 0.3) is 0 Å². The molecule has 0 unspecified atom stereocenters. The van der Waals surface area contributed by atoms with Gasteiger partial charge in [-0.25, -0.2) is 4.79 Å². The molecule has 2 aromatic carbocycles. The smallest absolute Gasteiger partial charge is 0.330 e. The molecule has 0 saturated carbocycles. The second-order valence-electron chi connectivity index (χ2n) is 8.02. The third kappa shape index (κ3) is 8.15. The number of benzene rings is 2. The summed E-state index contributed by atoms with van der Waals surface area (Å²) in [7, 11) is 0. The molecule has 0 heterocycles. The van der Waals surface area contributed by atoms with E-state index < -0.39 is 0 Å². The Kier molecular flexibility index (Phi) is 8.26. The molecule has 0 aliphatic rings. The lowest BCUT2D eigenvalue weighted by atomic mass is 9.96. The van der Waals surface area contributed by atoms with Gasteiger partial charge >= 0.3 is 5.97 Å². The van der Waals surface area contributed by atoms with Crippen molar-refractivity contribution in [1.82, 2.24) is 0 Å². The lowest BCUT2D eigenvalue weighted by Gasteiger charge is -2.33. The Morgan fingerprint density at radius 2 is 1.29 bits per heavy atom. The van der Waals surface area contributed by atoms with Crippen LogP contribution in [0.25, 0.3) is 0 Å². The van der Waals surface area contributed by atoms with Gasteiger partial charge in [0.2, 0.25) is 0 Å². The van der Waals surface area contributed by atoms with Gasteiger partial charge in [-0.1, -0.05) is 70.7 Å². The minimum Gasteiger partial charge on any atom is -0.459 e. The van der Waals surface area contributed by atoms with Crippen molar-refractivity contribution in [3.05, 3.63) is 73.3 Å². The molecule has 0 aliphatic carbocycles. The highest BCUT2D eigenvalue weighted by Crippen LogP contribution is 2.41. The van der Waals surface area contributed by atoms with Crippen molar-refractivity contribution in [2.24, 2.45) is 0 Å². The van der Waals surface area contributed by atoms with Crippen molar-refractivity contribution in [3.8, 4) is 0 Å². The van der Waals surface area contributed by atoms with Gasteiger partial charge in [0, 0.05) is 25.4 Å². The van der Waals surface area contributed by atoms with Gasteiger partial charge in [-0.2, -0.15) is 0 Å². The normalized spacial score (nSPS) is 12.0. The molecule has 0 aliphatic heterocycles. The zero-order valence-corrected chi connectivity index (χ0v) is 18.8. The lowest BCUT2D eigenvalue weighted by Crippen LogP contribution is -2.32. The first-order valence-corrected chi connectivity index (χ1v) is 11.1. The molecule has 2 nitrogen and oxygen atoms in total. The molecule has 0 fully saturated rings. The van der Waals surface area contributed by atoms with Crippen LogP contribution in [0.15, 0.2) is 83.1 Å². The van der Waals surface area contributed by atoms with Gasteiger partial charge in [0.1, 0.15) is 6.10 Å². The van der Waals surface area contributed by atoms with Gasteiger partial charge in [-0.05, 0) is 37.1 Å². The van der Waals surface area contributed by atoms with Crippen molar-refractivity contribution in [3.63, 3.8) is 0 Å². The number of ether oxygens (including phenoxy) is 1. The van der Waals surface area contributed by atoms with Crippen molar-refractivity contribution >= 4 is 29.5 Å².